The number of rotatable bonds is 16. The third kappa shape index (κ3) is 20.7. The Kier molecular flexibility index (Phi) is 35.2. The van der Waals surface area contributed by atoms with Gasteiger partial charge in [0.1, 0.15) is 0 Å². The molecule has 4 aliphatic rings. The van der Waals surface area contributed by atoms with Gasteiger partial charge < -0.3 is 18.9 Å². The summed E-state index contributed by atoms with van der Waals surface area (Å²) in [6.07, 6.45) is 12.8. The Labute approximate surface area is 594 Å². The summed E-state index contributed by atoms with van der Waals surface area (Å²) in [5.74, 6) is 0.0969. The van der Waals surface area contributed by atoms with E-state index in [1.807, 2.05) is 0 Å². The molecule has 1 radical (unpaired) electrons. The molecule has 0 saturated heterocycles. The minimum atomic E-state index is -0.981. The molecule has 0 aliphatic heterocycles. The van der Waals surface area contributed by atoms with E-state index in [2.05, 4.69) is 243 Å². The van der Waals surface area contributed by atoms with Gasteiger partial charge in [0.15, 0.2) is 0 Å². The van der Waals surface area contributed by atoms with Crippen LogP contribution in [0.5, 0.6) is 0 Å². The normalized spacial score (nSPS) is 20.1. The molecule has 0 heterocycles. The summed E-state index contributed by atoms with van der Waals surface area (Å²) in [6.45, 7) is 0. The summed E-state index contributed by atoms with van der Waals surface area (Å²) in [7, 11) is 2.11. The molecule has 8 nitrogen and oxygen atoms in total. The van der Waals surface area contributed by atoms with E-state index in [1.165, 1.54) is 70.9 Å². The van der Waals surface area contributed by atoms with E-state index in [1.54, 1.807) is 0 Å². The summed E-state index contributed by atoms with van der Waals surface area (Å²) in [6, 6.07) is 85.5. The van der Waals surface area contributed by atoms with Crippen molar-refractivity contribution < 1.29 is 94.6 Å². The molecule has 8 atom stereocenters. The van der Waals surface area contributed by atoms with Gasteiger partial charge in [0, 0.05) is 56.5 Å². The molecule has 0 spiro atoms. The molecule has 8 aromatic rings. The van der Waals surface area contributed by atoms with Crippen molar-refractivity contribution in [3.8, 4) is 0 Å². The fourth-order valence-electron chi connectivity index (χ4n) is 14.3. The molecule has 0 bridgehead atoms. The largest absolute Gasteiger partial charge is 0.469 e. The van der Waals surface area contributed by atoms with Gasteiger partial charge in [0.25, 0.3) is 0 Å². The molecular formula is C76H89AuClFe2O8P4+4. The zero-order valence-corrected chi connectivity index (χ0v) is 62.1. The molecule has 491 valence electrons. The number of carbonyl (C=O) groups is 4. The first-order valence-electron chi connectivity index (χ1n) is 31.5. The van der Waals surface area contributed by atoms with Gasteiger partial charge >= 0.3 is 23.9 Å². The van der Waals surface area contributed by atoms with Crippen molar-refractivity contribution in [2.24, 2.45) is 23.7 Å². The van der Waals surface area contributed by atoms with E-state index in [0.29, 0.717) is 22.6 Å². The zero-order valence-electron chi connectivity index (χ0n) is 52.9. The summed E-state index contributed by atoms with van der Waals surface area (Å²) in [4.78, 5) is 48.7. The van der Waals surface area contributed by atoms with Crippen molar-refractivity contribution in [3.63, 3.8) is 0 Å². The molecular weight excluding hydrogens is 1510 g/mol. The fourth-order valence-corrected chi connectivity index (χ4v) is 28.2. The monoisotopic (exact) mass is 1600 g/mol. The quantitative estimate of drug-likeness (QED) is 0.0408. The Morgan fingerprint density at radius 2 is 0.391 bits per heavy atom. The molecule has 4 saturated carbocycles. The number of hydrogen-bond donors (Lipinski definition) is 0. The van der Waals surface area contributed by atoms with Crippen LogP contribution in [-0.2, 0) is 94.6 Å². The van der Waals surface area contributed by atoms with Gasteiger partial charge in [-0.3, -0.25) is 19.2 Å². The van der Waals surface area contributed by atoms with E-state index in [4.69, 9.17) is 18.9 Å². The maximum Gasteiger partial charge on any atom is 0.312 e. The number of halogens is 1. The molecule has 0 N–H and O–H groups in total. The minimum absolute atomic E-state index is 0. The summed E-state index contributed by atoms with van der Waals surface area (Å²) in [5, 5.41) is 11.1. The second-order valence-corrected chi connectivity index (χ2v) is 34.1. The van der Waals surface area contributed by atoms with Crippen LogP contribution in [-0.4, -0.2) is 75.0 Å². The molecule has 16 heteroatoms. The number of methoxy groups -OCH3 is 4. The topological polar surface area (TPSA) is 105 Å². The molecule has 4 aliphatic carbocycles. The summed E-state index contributed by atoms with van der Waals surface area (Å²) >= 11 is 0. The maximum absolute atomic E-state index is 12.2. The average molecular weight is 1600 g/mol. The summed E-state index contributed by atoms with van der Waals surface area (Å²) < 4.78 is 20.3. The predicted molar refractivity (Wildman–Crippen MR) is 382 cm³/mol. The number of benzene rings is 8. The van der Waals surface area contributed by atoms with Gasteiger partial charge in [-0.2, -0.15) is 0 Å². The average Bonchev–Trinajstić information content (AvgIpc) is 1.67. The van der Waals surface area contributed by atoms with Crippen LogP contribution in [0.25, 0.3) is 0 Å². The first-order valence-corrected chi connectivity index (χ1v) is 37.8. The van der Waals surface area contributed by atoms with Crippen LogP contribution in [0.3, 0.4) is 0 Å². The van der Waals surface area contributed by atoms with E-state index < -0.39 is 31.7 Å². The Morgan fingerprint density at radius 1 is 0.261 bits per heavy atom. The maximum atomic E-state index is 12.2. The summed E-state index contributed by atoms with van der Waals surface area (Å²) in [5.41, 5.74) is 1.68. The van der Waals surface area contributed by atoms with Crippen molar-refractivity contribution in [2.75, 3.05) is 28.4 Å². The first-order chi connectivity index (χ1) is 43.2. The predicted octanol–water partition coefficient (Wildman–Crippen LogP) is 13.2. The smallest absolute Gasteiger partial charge is 0.312 e. The number of esters is 4. The van der Waals surface area contributed by atoms with E-state index in [0.717, 1.165) is 77.0 Å². The molecule has 8 aromatic carbocycles. The van der Waals surface area contributed by atoms with Gasteiger partial charge in [-0.25, -0.2) is 0 Å². The van der Waals surface area contributed by atoms with Crippen LogP contribution in [0.1, 0.15) is 77.0 Å². The Bertz CT molecular complexity index is 2770. The second kappa shape index (κ2) is 41.4. The van der Waals surface area contributed by atoms with Crippen LogP contribution in [0, 0.1) is 23.7 Å². The second-order valence-electron chi connectivity index (χ2n) is 23.3. The van der Waals surface area contributed by atoms with Crippen LogP contribution in [0.2, 0.25) is 0 Å². The van der Waals surface area contributed by atoms with Gasteiger partial charge in [-0.15, -0.1) is 12.4 Å². The third-order valence-electron chi connectivity index (χ3n) is 18.2. The Hall–Kier alpha value is -4.57. The van der Waals surface area contributed by atoms with Gasteiger partial charge in [-0.1, -0.05) is 146 Å². The van der Waals surface area contributed by atoms with E-state index >= 15 is 0 Å². The zero-order chi connectivity index (χ0) is 61.5. The molecule has 12 rings (SSSR count). The number of hydrogen-bond acceptors (Lipinski definition) is 8. The molecule has 8 unspecified atom stereocenters. The van der Waals surface area contributed by atoms with Gasteiger partial charge in [-0.05, 0) is 174 Å². The third-order valence-corrected chi connectivity index (χ3v) is 31.6. The van der Waals surface area contributed by atoms with Crippen LogP contribution in [0.15, 0.2) is 243 Å². The van der Waals surface area contributed by atoms with Gasteiger partial charge in [0.05, 0.1) is 149 Å². The number of carbonyl (C=O) groups excluding carboxylic acids is 4. The van der Waals surface area contributed by atoms with Crippen LogP contribution < -0.4 is 42.4 Å². The molecule has 4 fully saturated rings. The van der Waals surface area contributed by atoms with E-state index in [-0.39, 0.29) is 116 Å². The number of ether oxygens (including phenoxy) is 4. The molecule has 92 heavy (non-hydrogen) atoms. The van der Waals surface area contributed by atoms with Crippen molar-refractivity contribution in [2.45, 2.75) is 99.7 Å². The minimum Gasteiger partial charge on any atom is -0.469 e. The molecule has 0 aromatic heterocycles. The fraction of sp³-hybridized carbons (Fsp3) is 0.316. The van der Waals surface area contributed by atoms with E-state index in [9.17, 15) is 19.2 Å². The Balaban J connectivity index is 0.000000219. The van der Waals surface area contributed by atoms with Crippen LogP contribution in [0.4, 0.5) is 0 Å². The molecule has 0 amide bonds. The van der Waals surface area contributed by atoms with Crippen molar-refractivity contribution in [1.82, 2.24) is 0 Å². The SMILES string of the molecule is COC(=O)C1CCCC1[PH+](c1ccccc1)c1ccccc1.COC(=O)C1CCCC1[PH+](c1ccccc1)c1ccccc1.COC(=O)C1CCCC1[PH+](c1ccccc1)c1ccccc1.COC(=O)C1CCCC1[PH+](c1ccccc1)c1ccccc1.Cl.[Au].[Fe].[Fe]. The van der Waals surface area contributed by atoms with Crippen molar-refractivity contribution >= 4 is 110 Å². The van der Waals surface area contributed by atoms with Crippen molar-refractivity contribution in [1.29, 1.82) is 0 Å². The standard InChI is InChI=1S/4C19H21O2P.Au.ClH.2Fe/c4*1-21-19(20)17-13-8-14-18(17)22(15-9-4-2-5-10-15)16-11-6-3-7-12-16;;;;/h4*2-7,9-12,17-18H,8,13-14H2,1H3;;1H;;/p+4. The first kappa shape index (κ1) is 78.1. The Morgan fingerprint density at radius 3 is 0.511 bits per heavy atom. The van der Waals surface area contributed by atoms with Gasteiger partial charge in [0.2, 0.25) is 0 Å². The van der Waals surface area contributed by atoms with Crippen LogP contribution >= 0.6 is 44.1 Å². The van der Waals surface area contributed by atoms with Crippen molar-refractivity contribution in [3.05, 3.63) is 243 Å².